The third kappa shape index (κ3) is 5.44. The second-order valence-electron chi connectivity index (χ2n) is 9.48. The molecule has 0 spiro atoms. The van der Waals surface area contributed by atoms with Crippen LogP contribution in [0.25, 0.3) is 15.8 Å². The zero-order chi connectivity index (χ0) is 25.1. The van der Waals surface area contributed by atoms with Crippen molar-refractivity contribution in [2.45, 2.75) is 45.6 Å². The normalized spacial score (nSPS) is 15.8. The Bertz CT molecular complexity index is 1320. The van der Waals surface area contributed by atoms with Gasteiger partial charge in [-0.1, -0.05) is 12.2 Å². The van der Waals surface area contributed by atoms with Crippen LogP contribution in [0, 0.1) is 5.82 Å². The van der Waals surface area contributed by atoms with E-state index in [1.165, 1.54) is 11.6 Å². The number of thiophene rings is 1. The van der Waals surface area contributed by atoms with Crippen LogP contribution in [0.15, 0.2) is 54.3 Å². The summed E-state index contributed by atoms with van der Waals surface area (Å²) in [6.07, 6.45) is 9.45. The fourth-order valence-electron chi connectivity index (χ4n) is 4.47. The van der Waals surface area contributed by atoms with Gasteiger partial charge in [-0.2, -0.15) is 0 Å². The van der Waals surface area contributed by atoms with Crippen LogP contribution in [0.4, 0.5) is 10.1 Å². The van der Waals surface area contributed by atoms with Crippen LogP contribution >= 0.6 is 11.3 Å². The number of carbonyl (C=O) groups excluding carboxylic acids is 1. The molecule has 2 aromatic heterocycles. The molecule has 2 aliphatic rings. The van der Waals surface area contributed by atoms with Gasteiger partial charge in [0, 0.05) is 53.6 Å². The van der Waals surface area contributed by atoms with Crippen LogP contribution in [0.5, 0.6) is 11.5 Å². The number of ether oxygens (including phenoxy) is 1. The SMILES string of the molecule is CC(C)NCNc1ccc(Oc2ccnc3cc(C4=CC=C(C(=O)N5CCCC5)CC4)sc23)c(F)c1. The summed E-state index contributed by atoms with van der Waals surface area (Å²) in [6.45, 7) is 6.40. The summed E-state index contributed by atoms with van der Waals surface area (Å²) in [4.78, 5) is 20.2. The highest BCUT2D eigenvalue weighted by Crippen LogP contribution is 2.40. The maximum Gasteiger partial charge on any atom is 0.249 e. The van der Waals surface area contributed by atoms with Crippen LogP contribution in [0.2, 0.25) is 0 Å². The summed E-state index contributed by atoms with van der Waals surface area (Å²) in [5.41, 5.74) is 3.57. The zero-order valence-corrected chi connectivity index (χ0v) is 21.5. The van der Waals surface area contributed by atoms with E-state index in [9.17, 15) is 9.18 Å². The van der Waals surface area contributed by atoms with Gasteiger partial charge in [-0.15, -0.1) is 11.3 Å². The molecule has 0 atom stereocenters. The zero-order valence-electron chi connectivity index (χ0n) is 20.6. The van der Waals surface area contributed by atoms with Crippen molar-refractivity contribution in [3.8, 4) is 11.5 Å². The summed E-state index contributed by atoms with van der Waals surface area (Å²) in [5.74, 6) is 0.497. The monoisotopic (exact) mass is 506 g/mol. The topological polar surface area (TPSA) is 66.5 Å². The highest BCUT2D eigenvalue weighted by molar-refractivity contribution is 7.20. The predicted molar refractivity (Wildman–Crippen MR) is 144 cm³/mol. The molecule has 6 nitrogen and oxygen atoms in total. The highest BCUT2D eigenvalue weighted by atomic mass is 32.1. The van der Waals surface area contributed by atoms with E-state index in [0.29, 0.717) is 24.1 Å². The number of pyridine rings is 1. The third-order valence-corrected chi connectivity index (χ3v) is 7.68. The summed E-state index contributed by atoms with van der Waals surface area (Å²) in [7, 11) is 0. The van der Waals surface area contributed by atoms with E-state index >= 15 is 0 Å². The van der Waals surface area contributed by atoms with Gasteiger partial charge in [0.1, 0.15) is 5.75 Å². The fraction of sp³-hybridized carbons (Fsp3) is 0.357. The molecule has 3 aromatic rings. The molecule has 1 fully saturated rings. The molecule has 1 aliphatic heterocycles. The summed E-state index contributed by atoms with van der Waals surface area (Å²) in [6, 6.07) is 9.04. The van der Waals surface area contributed by atoms with Gasteiger partial charge >= 0.3 is 0 Å². The first-order chi connectivity index (χ1) is 17.5. The van der Waals surface area contributed by atoms with Gasteiger partial charge in [0.15, 0.2) is 11.6 Å². The Balaban J connectivity index is 1.32. The number of carbonyl (C=O) groups is 1. The second-order valence-corrected chi connectivity index (χ2v) is 10.5. The first kappa shape index (κ1) is 24.5. The van der Waals surface area contributed by atoms with Crippen molar-refractivity contribution in [2.75, 3.05) is 25.1 Å². The fourth-order valence-corrected chi connectivity index (χ4v) is 5.58. The molecular weight excluding hydrogens is 475 g/mol. The van der Waals surface area contributed by atoms with Gasteiger partial charge < -0.3 is 15.0 Å². The number of aromatic nitrogens is 1. The molecule has 2 N–H and O–H groups in total. The first-order valence-electron chi connectivity index (χ1n) is 12.5. The number of halogens is 1. The lowest BCUT2D eigenvalue weighted by Gasteiger charge is -2.19. The summed E-state index contributed by atoms with van der Waals surface area (Å²) in [5, 5.41) is 6.39. The lowest BCUT2D eigenvalue weighted by atomic mass is 9.96. The molecule has 5 rings (SSSR count). The van der Waals surface area contributed by atoms with Crippen LogP contribution in [0.1, 0.15) is 44.4 Å². The Morgan fingerprint density at radius 3 is 2.69 bits per heavy atom. The molecule has 0 unspecified atom stereocenters. The van der Waals surface area contributed by atoms with Crippen LogP contribution < -0.4 is 15.4 Å². The smallest absolute Gasteiger partial charge is 0.249 e. The molecule has 8 heteroatoms. The predicted octanol–water partition coefficient (Wildman–Crippen LogP) is 6.32. The molecule has 1 aromatic carbocycles. The average Bonchev–Trinajstić information content (AvgIpc) is 3.56. The first-order valence-corrected chi connectivity index (χ1v) is 13.3. The van der Waals surface area contributed by atoms with E-state index < -0.39 is 5.82 Å². The van der Waals surface area contributed by atoms with Crippen molar-refractivity contribution in [3.05, 3.63) is 64.9 Å². The molecular formula is C28H31FN4O2S. The highest BCUT2D eigenvalue weighted by Gasteiger charge is 2.23. The minimum atomic E-state index is -0.429. The number of likely N-dealkylation sites (tertiary alicyclic amines) is 1. The van der Waals surface area contributed by atoms with Gasteiger partial charge in [-0.05, 0) is 63.3 Å². The Labute approximate surface area is 214 Å². The van der Waals surface area contributed by atoms with E-state index in [1.807, 2.05) is 17.0 Å². The molecule has 188 valence electrons. The molecule has 1 aliphatic carbocycles. The maximum absolute atomic E-state index is 14.8. The number of nitrogens with zero attached hydrogens (tertiary/aromatic N) is 2. The molecule has 1 amide bonds. The minimum absolute atomic E-state index is 0.171. The van der Waals surface area contributed by atoms with Gasteiger partial charge in [0.25, 0.3) is 0 Å². The van der Waals surface area contributed by atoms with Crippen LogP contribution in [-0.4, -0.2) is 41.6 Å². The standard InChI is InChI=1S/C28H31FN4O2S/c1-18(2)31-17-32-21-9-10-24(22(29)15-21)35-25-11-12-30-23-16-26(36-27(23)25)19-5-7-20(8-6-19)28(34)33-13-3-4-14-33/h5,7,9-12,15-16,18,31-32H,3-4,6,8,13-14,17H2,1-2H3. The number of hydrogen-bond acceptors (Lipinski definition) is 6. The number of rotatable bonds is 8. The molecule has 3 heterocycles. The lowest BCUT2D eigenvalue weighted by Crippen LogP contribution is -2.29. The Morgan fingerprint density at radius 2 is 1.97 bits per heavy atom. The largest absolute Gasteiger partial charge is 0.453 e. The number of anilines is 1. The van der Waals surface area contributed by atoms with E-state index in [0.717, 1.165) is 59.4 Å². The van der Waals surface area contributed by atoms with E-state index in [2.05, 4.69) is 35.5 Å². The van der Waals surface area contributed by atoms with Crippen molar-refractivity contribution >= 4 is 38.7 Å². The second kappa shape index (κ2) is 10.8. The molecule has 0 radical (unpaired) electrons. The van der Waals surface area contributed by atoms with E-state index in [-0.39, 0.29) is 11.7 Å². The summed E-state index contributed by atoms with van der Waals surface area (Å²) >= 11 is 1.58. The Morgan fingerprint density at radius 1 is 1.14 bits per heavy atom. The molecule has 0 saturated carbocycles. The maximum atomic E-state index is 14.8. The van der Waals surface area contributed by atoms with Crippen molar-refractivity contribution < 1.29 is 13.9 Å². The molecule has 0 bridgehead atoms. The third-order valence-electron chi connectivity index (χ3n) is 6.46. The quantitative estimate of drug-likeness (QED) is 0.350. The van der Waals surface area contributed by atoms with Gasteiger partial charge in [0.05, 0.1) is 16.9 Å². The van der Waals surface area contributed by atoms with E-state index in [1.54, 1.807) is 35.7 Å². The molecule has 36 heavy (non-hydrogen) atoms. The average molecular weight is 507 g/mol. The van der Waals surface area contributed by atoms with Crippen molar-refractivity contribution in [1.29, 1.82) is 0 Å². The number of allylic oxidation sites excluding steroid dienone is 3. The van der Waals surface area contributed by atoms with Crippen molar-refractivity contribution in [1.82, 2.24) is 15.2 Å². The number of nitrogens with one attached hydrogen (secondary N) is 2. The van der Waals surface area contributed by atoms with Crippen LogP contribution in [-0.2, 0) is 4.79 Å². The number of hydrogen-bond donors (Lipinski definition) is 2. The Hall–Kier alpha value is -3.23. The number of benzene rings is 1. The van der Waals surface area contributed by atoms with Crippen molar-refractivity contribution in [3.63, 3.8) is 0 Å². The van der Waals surface area contributed by atoms with E-state index in [4.69, 9.17) is 4.74 Å². The number of fused-ring (bicyclic) bond motifs is 1. The summed E-state index contributed by atoms with van der Waals surface area (Å²) < 4.78 is 21.7. The van der Waals surface area contributed by atoms with Gasteiger partial charge in [-0.3, -0.25) is 15.1 Å². The number of amides is 1. The lowest BCUT2D eigenvalue weighted by molar-refractivity contribution is -0.126. The van der Waals surface area contributed by atoms with Crippen molar-refractivity contribution in [2.24, 2.45) is 0 Å². The molecule has 1 saturated heterocycles. The van der Waals surface area contributed by atoms with Gasteiger partial charge in [0.2, 0.25) is 5.91 Å². The van der Waals surface area contributed by atoms with Crippen LogP contribution in [0.3, 0.4) is 0 Å². The van der Waals surface area contributed by atoms with Gasteiger partial charge in [-0.25, -0.2) is 4.39 Å². The minimum Gasteiger partial charge on any atom is -0.453 e. The Kier molecular flexibility index (Phi) is 7.34.